The molecule has 0 aliphatic heterocycles. The predicted octanol–water partition coefficient (Wildman–Crippen LogP) is 3.53. The number of rotatable bonds is 7. The quantitative estimate of drug-likeness (QED) is 0.774. The van der Waals surface area contributed by atoms with Crippen molar-refractivity contribution in [2.75, 3.05) is 20.6 Å². The van der Waals surface area contributed by atoms with Gasteiger partial charge in [0, 0.05) is 18.9 Å². The first-order valence-corrected chi connectivity index (χ1v) is 7.43. The van der Waals surface area contributed by atoms with Gasteiger partial charge in [-0.05, 0) is 31.6 Å². The zero-order chi connectivity index (χ0) is 15.1. The number of hydrogen-bond acceptors (Lipinski definition) is 2. The van der Waals surface area contributed by atoms with Crippen molar-refractivity contribution in [2.24, 2.45) is 0 Å². The van der Waals surface area contributed by atoms with E-state index < -0.39 is 0 Å². The number of hydrogen-bond donors (Lipinski definition) is 0. The van der Waals surface area contributed by atoms with Crippen LogP contribution in [0.1, 0.15) is 23.5 Å². The maximum absolute atomic E-state index is 12.6. The van der Waals surface area contributed by atoms with Crippen molar-refractivity contribution >= 4 is 5.78 Å². The lowest BCUT2D eigenvalue weighted by Gasteiger charge is -2.18. The molecule has 110 valence electrons. The van der Waals surface area contributed by atoms with Gasteiger partial charge in [-0.3, -0.25) is 4.79 Å². The average molecular weight is 281 g/mol. The van der Waals surface area contributed by atoms with Gasteiger partial charge in [-0.2, -0.15) is 0 Å². The van der Waals surface area contributed by atoms with E-state index in [9.17, 15) is 4.79 Å². The lowest BCUT2D eigenvalue weighted by Crippen LogP contribution is -2.22. The third kappa shape index (κ3) is 4.83. The fourth-order valence-corrected chi connectivity index (χ4v) is 2.46. The monoisotopic (exact) mass is 281 g/mol. The first kappa shape index (κ1) is 15.5. The third-order valence-electron chi connectivity index (χ3n) is 3.68. The first-order chi connectivity index (χ1) is 10.2. The highest BCUT2D eigenvalue weighted by Crippen LogP contribution is 2.23. The second kappa shape index (κ2) is 7.75. The van der Waals surface area contributed by atoms with Crippen molar-refractivity contribution in [1.82, 2.24) is 4.90 Å². The molecule has 0 radical (unpaired) electrons. The van der Waals surface area contributed by atoms with Crippen LogP contribution in [0.4, 0.5) is 0 Å². The molecule has 0 amide bonds. The number of Topliss-reactive ketones (excluding diaryl/α,β-unsaturated/α-hetero) is 1. The molecule has 1 atom stereocenters. The molecule has 0 aliphatic carbocycles. The molecule has 0 saturated heterocycles. The third-order valence-corrected chi connectivity index (χ3v) is 3.68. The van der Waals surface area contributed by atoms with Gasteiger partial charge >= 0.3 is 0 Å². The van der Waals surface area contributed by atoms with E-state index in [-0.39, 0.29) is 5.92 Å². The Morgan fingerprint density at radius 3 is 2.10 bits per heavy atom. The van der Waals surface area contributed by atoms with Crippen LogP contribution in [0.15, 0.2) is 60.7 Å². The van der Waals surface area contributed by atoms with Gasteiger partial charge in [0.25, 0.3) is 0 Å². The fraction of sp³-hybridized carbons (Fsp3) is 0.316. The molecule has 0 heterocycles. The summed E-state index contributed by atoms with van der Waals surface area (Å²) in [4.78, 5) is 14.7. The Morgan fingerprint density at radius 2 is 1.52 bits per heavy atom. The van der Waals surface area contributed by atoms with Gasteiger partial charge < -0.3 is 4.90 Å². The summed E-state index contributed by atoms with van der Waals surface area (Å²) in [5.74, 6) is 0.271. The summed E-state index contributed by atoms with van der Waals surface area (Å²) in [7, 11) is 4.00. The van der Waals surface area contributed by atoms with Crippen molar-refractivity contribution < 1.29 is 4.79 Å². The summed E-state index contributed by atoms with van der Waals surface area (Å²) in [5, 5.41) is 0. The molecule has 0 aromatic heterocycles. The molecule has 2 rings (SSSR count). The summed E-state index contributed by atoms with van der Waals surface area (Å²) >= 11 is 0. The van der Waals surface area contributed by atoms with Crippen LogP contribution in [-0.4, -0.2) is 31.3 Å². The van der Waals surface area contributed by atoms with E-state index in [0.717, 1.165) is 18.5 Å². The maximum atomic E-state index is 12.6. The summed E-state index contributed by atoms with van der Waals surface area (Å²) in [6.07, 6.45) is 1.37. The summed E-state index contributed by atoms with van der Waals surface area (Å²) in [6, 6.07) is 20.4. The maximum Gasteiger partial charge on any atom is 0.141 e. The van der Waals surface area contributed by atoms with Gasteiger partial charge in [0.2, 0.25) is 0 Å². The van der Waals surface area contributed by atoms with Gasteiger partial charge in [0.05, 0.1) is 0 Å². The smallest absolute Gasteiger partial charge is 0.141 e. The van der Waals surface area contributed by atoms with E-state index in [4.69, 9.17) is 0 Å². The fourth-order valence-electron chi connectivity index (χ4n) is 2.46. The van der Waals surface area contributed by atoms with Crippen LogP contribution < -0.4 is 0 Å². The molecule has 0 fully saturated rings. The largest absolute Gasteiger partial charge is 0.309 e. The minimum absolute atomic E-state index is 0.0476. The number of carbonyl (C=O) groups is 1. The number of nitrogens with zero attached hydrogens (tertiary/aromatic N) is 1. The highest BCUT2D eigenvalue weighted by Gasteiger charge is 2.20. The Balaban J connectivity index is 2.16. The van der Waals surface area contributed by atoms with Gasteiger partial charge in [0.15, 0.2) is 0 Å². The van der Waals surface area contributed by atoms with Gasteiger partial charge in [-0.25, -0.2) is 0 Å². The normalized spacial score (nSPS) is 12.3. The van der Waals surface area contributed by atoms with Gasteiger partial charge in [-0.15, -0.1) is 0 Å². The summed E-state index contributed by atoms with van der Waals surface area (Å²) in [5.41, 5.74) is 2.33. The van der Waals surface area contributed by atoms with Crippen LogP contribution in [0.25, 0.3) is 0 Å². The topological polar surface area (TPSA) is 20.3 Å². The zero-order valence-corrected chi connectivity index (χ0v) is 12.8. The molecule has 2 aromatic rings. The second-order valence-electron chi connectivity index (χ2n) is 5.67. The van der Waals surface area contributed by atoms with Crippen molar-refractivity contribution in [3.63, 3.8) is 0 Å². The van der Waals surface area contributed by atoms with Crippen LogP contribution in [-0.2, 0) is 11.2 Å². The average Bonchev–Trinajstić information content (AvgIpc) is 2.52. The van der Waals surface area contributed by atoms with Crippen LogP contribution in [0.5, 0.6) is 0 Å². The second-order valence-corrected chi connectivity index (χ2v) is 5.67. The number of carbonyl (C=O) groups excluding carboxylic acids is 1. The molecule has 2 nitrogen and oxygen atoms in total. The van der Waals surface area contributed by atoms with Gasteiger partial charge in [-0.1, -0.05) is 60.7 Å². The number of ketones is 1. The SMILES string of the molecule is CN(C)CCC(=O)[C@@H](Cc1ccccc1)c1ccccc1. The highest BCUT2D eigenvalue weighted by atomic mass is 16.1. The molecule has 0 spiro atoms. The summed E-state index contributed by atoms with van der Waals surface area (Å²) < 4.78 is 0. The van der Waals surface area contributed by atoms with Crippen LogP contribution in [0.2, 0.25) is 0 Å². The molecular formula is C19H23NO. The molecule has 2 aromatic carbocycles. The lowest BCUT2D eigenvalue weighted by molar-refractivity contribution is -0.120. The van der Waals surface area contributed by atoms with E-state index >= 15 is 0 Å². The molecule has 21 heavy (non-hydrogen) atoms. The molecular weight excluding hydrogens is 258 g/mol. The van der Waals surface area contributed by atoms with Crippen molar-refractivity contribution in [3.05, 3.63) is 71.8 Å². The predicted molar refractivity (Wildman–Crippen MR) is 87.5 cm³/mol. The first-order valence-electron chi connectivity index (χ1n) is 7.43. The Kier molecular flexibility index (Phi) is 5.70. The molecule has 2 heteroatoms. The van der Waals surface area contributed by atoms with E-state index in [1.54, 1.807) is 0 Å². The minimum atomic E-state index is -0.0476. The van der Waals surface area contributed by atoms with E-state index in [2.05, 4.69) is 29.2 Å². The molecule has 0 saturated carbocycles. The highest BCUT2D eigenvalue weighted by molar-refractivity contribution is 5.86. The van der Waals surface area contributed by atoms with E-state index in [1.807, 2.05) is 50.5 Å². The summed E-state index contributed by atoms with van der Waals surface area (Å²) in [6.45, 7) is 0.803. The van der Waals surface area contributed by atoms with E-state index in [0.29, 0.717) is 12.2 Å². The molecule has 0 aliphatic rings. The zero-order valence-electron chi connectivity index (χ0n) is 12.8. The van der Waals surface area contributed by atoms with Crippen molar-refractivity contribution in [1.29, 1.82) is 0 Å². The van der Waals surface area contributed by atoms with Crippen molar-refractivity contribution in [3.8, 4) is 0 Å². The van der Waals surface area contributed by atoms with Crippen LogP contribution >= 0.6 is 0 Å². The van der Waals surface area contributed by atoms with Crippen molar-refractivity contribution in [2.45, 2.75) is 18.8 Å². The molecule has 0 unspecified atom stereocenters. The standard InChI is InChI=1S/C19H23NO/c1-20(2)14-13-19(21)18(17-11-7-4-8-12-17)15-16-9-5-3-6-10-16/h3-12,18H,13-15H2,1-2H3/t18-/m0/s1. The van der Waals surface area contributed by atoms with Crippen LogP contribution in [0.3, 0.4) is 0 Å². The number of benzene rings is 2. The lowest BCUT2D eigenvalue weighted by atomic mass is 9.87. The van der Waals surface area contributed by atoms with Gasteiger partial charge in [0.1, 0.15) is 5.78 Å². The molecule has 0 N–H and O–H groups in total. The van der Waals surface area contributed by atoms with E-state index in [1.165, 1.54) is 5.56 Å². The van der Waals surface area contributed by atoms with Crippen LogP contribution in [0, 0.1) is 0 Å². The minimum Gasteiger partial charge on any atom is -0.309 e. The Hall–Kier alpha value is -1.93. The Labute approximate surface area is 127 Å². The molecule has 0 bridgehead atoms. The Morgan fingerprint density at radius 1 is 0.952 bits per heavy atom. The Bertz CT molecular complexity index is 548.